The fraction of sp³-hybridized carbons (Fsp3) is 0.286. The van der Waals surface area contributed by atoms with E-state index in [4.69, 9.17) is 11.6 Å². The van der Waals surface area contributed by atoms with Gasteiger partial charge in [0.05, 0.1) is 11.3 Å². The average Bonchev–Trinajstić information content (AvgIpc) is 2.37. The van der Waals surface area contributed by atoms with Gasteiger partial charge in [-0.25, -0.2) is 9.97 Å². The van der Waals surface area contributed by atoms with Gasteiger partial charge >= 0.3 is 6.18 Å². The molecule has 20 heavy (non-hydrogen) atoms. The predicted octanol–water partition coefficient (Wildman–Crippen LogP) is 4.94. The molecule has 0 aliphatic carbocycles. The number of halogens is 4. The molecule has 0 amide bonds. The monoisotopic (exact) mass is 300 g/mol. The number of benzene rings is 1. The fourth-order valence-electron chi connectivity index (χ4n) is 2.04. The minimum Gasteiger partial charge on any atom is -0.236 e. The van der Waals surface area contributed by atoms with Gasteiger partial charge in [-0.3, -0.25) is 0 Å². The molecule has 0 N–H and O–H groups in total. The summed E-state index contributed by atoms with van der Waals surface area (Å²) in [5, 5.41) is 0.182. The first kappa shape index (κ1) is 14.8. The molecule has 6 heteroatoms. The summed E-state index contributed by atoms with van der Waals surface area (Å²) < 4.78 is 39.3. The van der Waals surface area contributed by atoms with Crippen LogP contribution < -0.4 is 0 Å². The van der Waals surface area contributed by atoms with E-state index in [2.05, 4.69) is 9.97 Å². The van der Waals surface area contributed by atoms with Gasteiger partial charge in [-0.15, -0.1) is 0 Å². The maximum Gasteiger partial charge on any atom is 0.417 e. The first-order valence-electron chi connectivity index (χ1n) is 5.99. The largest absolute Gasteiger partial charge is 0.417 e. The summed E-state index contributed by atoms with van der Waals surface area (Å²) in [6.07, 6.45) is -3.26. The van der Waals surface area contributed by atoms with E-state index in [1.54, 1.807) is 6.07 Å². The van der Waals surface area contributed by atoms with E-state index in [-0.39, 0.29) is 22.3 Å². The third-order valence-corrected chi connectivity index (χ3v) is 3.20. The molecule has 0 spiro atoms. The van der Waals surface area contributed by atoms with Crippen molar-refractivity contribution in [3.8, 4) is 11.3 Å². The van der Waals surface area contributed by atoms with Gasteiger partial charge in [-0.2, -0.15) is 13.2 Å². The zero-order valence-corrected chi connectivity index (χ0v) is 11.6. The van der Waals surface area contributed by atoms with Gasteiger partial charge in [-0.05, 0) is 12.0 Å². The van der Waals surface area contributed by atoms with E-state index < -0.39 is 11.7 Å². The lowest BCUT2D eigenvalue weighted by atomic mass is 9.95. The number of rotatable bonds is 2. The Bertz CT molecular complexity index is 624. The Balaban J connectivity index is 2.73. The van der Waals surface area contributed by atoms with Gasteiger partial charge in [0.1, 0.15) is 11.5 Å². The molecule has 1 aromatic heterocycles. The van der Waals surface area contributed by atoms with Crippen LogP contribution in [0, 0.1) is 0 Å². The molecule has 2 rings (SSSR count). The molecule has 0 radical (unpaired) electrons. The third kappa shape index (κ3) is 2.77. The zero-order valence-electron chi connectivity index (χ0n) is 10.9. The molecule has 0 bridgehead atoms. The first-order valence-corrected chi connectivity index (χ1v) is 6.37. The molecule has 2 nitrogen and oxygen atoms in total. The van der Waals surface area contributed by atoms with Crippen molar-refractivity contribution in [2.24, 2.45) is 0 Å². The lowest BCUT2D eigenvalue weighted by molar-refractivity contribution is -0.137. The van der Waals surface area contributed by atoms with Crippen molar-refractivity contribution in [2.45, 2.75) is 25.9 Å². The van der Waals surface area contributed by atoms with Crippen LogP contribution in [0.2, 0.25) is 5.15 Å². The van der Waals surface area contributed by atoms with Crippen LogP contribution in [0.5, 0.6) is 0 Å². The molecule has 1 aromatic carbocycles. The van der Waals surface area contributed by atoms with Crippen LogP contribution in [0.15, 0.2) is 30.6 Å². The molecule has 1 heterocycles. The van der Waals surface area contributed by atoms with Crippen LogP contribution in [-0.4, -0.2) is 9.97 Å². The van der Waals surface area contributed by atoms with E-state index in [0.29, 0.717) is 5.56 Å². The number of hydrogen-bond donors (Lipinski definition) is 0. The quantitative estimate of drug-likeness (QED) is 0.734. The van der Waals surface area contributed by atoms with Crippen molar-refractivity contribution in [3.05, 3.63) is 46.9 Å². The lowest BCUT2D eigenvalue weighted by Gasteiger charge is -2.17. The Hall–Kier alpha value is -1.62. The number of aromatic nitrogens is 2. The summed E-state index contributed by atoms with van der Waals surface area (Å²) in [7, 11) is 0. The summed E-state index contributed by atoms with van der Waals surface area (Å²) in [5.74, 6) is -0.0833. The first-order chi connectivity index (χ1) is 9.32. The van der Waals surface area contributed by atoms with Crippen LogP contribution >= 0.6 is 11.6 Å². The van der Waals surface area contributed by atoms with Crippen molar-refractivity contribution >= 4 is 11.6 Å². The van der Waals surface area contributed by atoms with E-state index in [0.717, 1.165) is 6.07 Å². The zero-order chi connectivity index (χ0) is 14.9. The topological polar surface area (TPSA) is 25.8 Å². The normalized spacial score (nSPS) is 11.9. The Morgan fingerprint density at radius 2 is 1.75 bits per heavy atom. The second-order valence-electron chi connectivity index (χ2n) is 4.62. The molecule has 0 fully saturated rings. The second kappa shape index (κ2) is 5.40. The van der Waals surface area contributed by atoms with Crippen LogP contribution in [0.4, 0.5) is 13.2 Å². The molecule has 106 valence electrons. The van der Waals surface area contributed by atoms with Gasteiger partial charge in [0.25, 0.3) is 0 Å². The molecule has 0 saturated carbocycles. The molecular formula is C14H12ClF3N2. The Kier molecular flexibility index (Phi) is 3.99. The van der Waals surface area contributed by atoms with Gasteiger partial charge in [0.2, 0.25) is 0 Å². The molecule has 0 saturated heterocycles. The van der Waals surface area contributed by atoms with E-state index in [1.807, 2.05) is 13.8 Å². The van der Waals surface area contributed by atoms with Crippen molar-refractivity contribution < 1.29 is 13.2 Å². The number of hydrogen-bond acceptors (Lipinski definition) is 2. The molecule has 0 aliphatic rings. The van der Waals surface area contributed by atoms with E-state index in [9.17, 15) is 13.2 Å². The van der Waals surface area contributed by atoms with Crippen molar-refractivity contribution in [1.82, 2.24) is 9.97 Å². The highest BCUT2D eigenvalue weighted by molar-refractivity contribution is 6.30. The van der Waals surface area contributed by atoms with Crippen LogP contribution in [-0.2, 0) is 6.18 Å². The van der Waals surface area contributed by atoms with E-state index >= 15 is 0 Å². The van der Waals surface area contributed by atoms with Gasteiger partial charge in [0.15, 0.2) is 0 Å². The van der Waals surface area contributed by atoms with E-state index in [1.165, 1.54) is 18.5 Å². The Morgan fingerprint density at radius 3 is 2.35 bits per heavy atom. The highest BCUT2D eigenvalue weighted by atomic mass is 35.5. The fourth-order valence-corrected chi connectivity index (χ4v) is 2.39. The Labute approximate surface area is 119 Å². The summed E-state index contributed by atoms with van der Waals surface area (Å²) in [4.78, 5) is 7.86. The van der Waals surface area contributed by atoms with Gasteiger partial charge in [0, 0.05) is 11.1 Å². The van der Waals surface area contributed by atoms with Crippen molar-refractivity contribution in [3.63, 3.8) is 0 Å². The third-order valence-electron chi connectivity index (χ3n) is 2.90. The highest BCUT2D eigenvalue weighted by Crippen LogP contribution is 2.39. The predicted molar refractivity (Wildman–Crippen MR) is 71.6 cm³/mol. The summed E-state index contributed by atoms with van der Waals surface area (Å²) in [6.45, 7) is 3.68. The molecule has 2 aromatic rings. The average molecular weight is 301 g/mol. The lowest BCUT2D eigenvalue weighted by Crippen LogP contribution is -2.09. The second-order valence-corrected chi connectivity index (χ2v) is 4.98. The van der Waals surface area contributed by atoms with Gasteiger partial charge < -0.3 is 0 Å². The van der Waals surface area contributed by atoms with Crippen molar-refractivity contribution in [1.29, 1.82) is 0 Å². The summed E-state index contributed by atoms with van der Waals surface area (Å²) in [6, 6.07) is 5.33. The minimum atomic E-state index is -4.44. The van der Waals surface area contributed by atoms with Crippen LogP contribution in [0.1, 0.15) is 30.9 Å². The number of nitrogens with zero attached hydrogens (tertiary/aromatic N) is 2. The molecule has 0 unspecified atom stereocenters. The molecule has 0 atom stereocenters. The highest BCUT2D eigenvalue weighted by Gasteiger charge is 2.34. The number of alkyl halides is 3. The summed E-state index contributed by atoms with van der Waals surface area (Å²) >= 11 is 6.01. The maximum atomic E-state index is 13.1. The molecular weight excluding hydrogens is 289 g/mol. The van der Waals surface area contributed by atoms with Crippen LogP contribution in [0.25, 0.3) is 11.3 Å². The molecule has 0 aliphatic heterocycles. The summed E-state index contributed by atoms with van der Waals surface area (Å²) in [5.41, 5.74) is 0.0449. The van der Waals surface area contributed by atoms with Crippen molar-refractivity contribution in [2.75, 3.05) is 0 Å². The SMILES string of the molecule is CC(C)c1c(Cl)ncnc1-c1ccccc1C(F)(F)F. The standard InChI is InChI=1S/C14H12ClF3N2/c1-8(2)11-12(19-7-20-13(11)15)9-5-3-4-6-10(9)14(16,17)18/h3-8H,1-2H3. The minimum absolute atomic E-state index is 0.0213. The van der Waals surface area contributed by atoms with Crippen LogP contribution in [0.3, 0.4) is 0 Å². The van der Waals surface area contributed by atoms with Gasteiger partial charge in [-0.1, -0.05) is 43.6 Å². The smallest absolute Gasteiger partial charge is 0.236 e. The maximum absolute atomic E-state index is 13.1. The Morgan fingerprint density at radius 1 is 1.10 bits per heavy atom.